The molecular weight excluding hydrogens is 198 g/mol. The van der Waals surface area contributed by atoms with Gasteiger partial charge in [-0.15, -0.1) is 0 Å². The molecule has 0 aromatic heterocycles. The van der Waals surface area contributed by atoms with Gasteiger partial charge >= 0.3 is 0 Å². The average Bonchev–Trinajstić information content (AvgIpc) is 2.42. The van der Waals surface area contributed by atoms with Crippen LogP contribution in [0.5, 0.6) is 0 Å². The van der Waals surface area contributed by atoms with E-state index in [0.29, 0.717) is 6.04 Å². The van der Waals surface area contributed by atoms with Gasteiger partial charge in [0.15, 0.2) is 0 Å². The van der Waals surface area contributed by atoms with Crippen molar-refractivity contribution >= 4 is 0 Å². The second-order valence-corrected chi connectivity index (χ2v) is 5.63. The lowest BCUT2D eigenvalue weighted by molar-refractivity contribution is -0.0880. The van der Waals surface area contributed by atoms with E-state index >= 15 is 0 Å². The van der Waals surface area contributed by atoms with Crippen LogP contribution in [0.15, 0.2) is 0 Å². The number of hydrogen-bond acceptors (Lipinski definition) is 2. The Kier molecular flexibility index (Phi) is 4.26. The molecule has 2 aliphatic rings. The molecule has 2 N–H and O–H groups in total. The molecule has 0 radical (unpaired) electrons. The van der Waals surface area contributed by atoms with Crippen LogP contribution in [0, 0.1) is 5.92 Å². The Balaban J connectivity index is 2.04. The second-order valence-electron chi connectivity index (χ2n) is 5.63. The molecular formula is C14H27NO. The molecule has 2 aliphatic carbocycles. The Morgan fingerprint density at radius 3 is 2.19 bits per heavy atom. The highest BCUT2D eigenvalue weighted by molar-refractivity contribution is 4.98. The number of rotatable bonds is 4. The number of nitrogens with two attached hydrogens (primary N) is 1. The second kappa shape index (κ2) is 5.50. The molecule has 2 saturated carbocycles. The quantitative estimate of drug-likeness (QED) is 0.745. The van der Waals surface area contributed by atoms with E-state index in [9.17, 15) is 0 Å². The predicted octanol–water partition coefficient (Wildman–Crippen LogP) is 3.24. The summed E-state index contributed by atoms with van der Waals surface area (Å²) in [7, 11) is 0. The highest BCUT2D eigenvalue weighted by Gasteiger charge is 2.43. The van der Waals surface area contributed by atoms with Gasteiger partial charge in [-0.3, -0.25) is 0 Å². The zero-order valence-corrected chi connectivity index (χ0v) is 10.7. The van der Waals surface area contributed by atoms with Gasteiger partial charge in [-0.2, -0.15) is 0 Å². The largest absolute Gasteiger partial charge is 0.374 e. The van der Waals surface area contributed by atoms with E-state index < -0.39 is 0 Å². The summed E-state index contributed by atoms with van der Waals surface area (Å²) in [5.74, 6) is 0.740. The molecule has 0 heterocycles. The lowest BCUT2D eigenvalue weighted by atomic mass is 9.71. The molecule has 1 unspecified atom stereocenters. The highest BCUT2D eigenvalue weighted by atomic mass is 16.5. The molecule has 94 valence electrons. The fourth-order valence-electron chi connectivity index (χ4n) is 3.42. The van der Waals surface area contributed by atoms with Crippen LogP contribution in [-0.4, -0.2) is 18.2 Å². The maximum absolute atomic E-state index is 6.52. The third kappa shape index (κ3) is 2.43. The fourth-order valence-corrected chi connectivity index (χ4v) is 3.42. The topological polar surface area (TPSA) is 35.2 Å². The van der Waals surface area contributed by atoms with Gasteiger partial charge in [0.25, 0.3) is 0 Å². The predicted molar refractivity (Wildman–Crippen MR) is 67.4 cm³/mol. The van der Waals surface area contributed by atoms with Crippen molar-refractivity contribution < 1.29 is 4.74 Å². The van der Waals surface area contributed by atoms with Gasteiger partial charge < -0.3 is 10.5 Å². The van der Waals surface area contributed by atoms with Crippen LogP contribution >= 0.6 is 0 Å². The first kappa shape index (κ1) is 12.4. The van der Waals surface area contributed by atoms with E-state index in [1.54, 1.807) is 0 Å². The maximum Gasteiger partial charge on any atom is 0.0835 e. The Morgan fingerprint density at radius 2 is 1.75 bits per heavy atom. The van der Waals surface area contributed by atoms with Crippen LogP contribution in [0.2, 0.25) is 0 Å². The summed E-state index contributed by atoms with van der Waals surface area (Å²) in [5.41, 5.74) is 6.54. The molecule has 2 rings (SSSR count). The van der Waals surface area contributed by atoms with E-state index in [2.05, 4.69) is 6.92 Å². The molecule has 0 aliphatic heterocycles. The van der Waals surface area contributed by atoms with E-state index in [4.69, 9.17) is 10.5 Å². The Morgan fingerprint density at radius 1 is 1.12 bits per heavy atom. The van der Waals surface area contributed by atoms with Crippen LogP contribution in [0.1, 0.15) is 64.7 Å². The lowest BCUT2D eigenvalue weighted by Crippen LogP contribution is -2.55. The maximum atomic E-state index is 6.52. The summed E-state index contributed by atoms with van der Waals surface area (Å²) in [4.78, 5) is 0. The fraction of sp³-hybridized carbons (Fsp3) is 1.00. The normalized spacial score (nSPS) is 28.1. The van der Waals surface area contributed by atoms with Crippen LogP contribution in [0.25, 0.3) is 0 Å². The van der Waals surface area contributed by atoms with E-state index in [-0.39, 0.29) is 5.60 Å². The van der Waals surface area contributed by atoms with Crippen molar-refractivity contribution in [2.45, 2.75) is 76.4 Å². The van der Waals surface area contributed by atoms with Gasteiger partial charge in [0.1, 0.15) is 0 Å². The molecule has 2 heteroatoms. The summed E-state index contributed by atoms with van der Waals surface area (Å²) in [6.45, 7) is 2.93. The summed E-state index contributed by atoms with van der Waals surface area (Å²) in [6, 6.07) is 0.291. The minimum Gasteiger partial charge on any atom is -0.374 e. The van der Waals surface area contributed by atoms with Crippen molar-refractivity contribution in [2.75, 3.05) is 6.61 Å². The molecule has 0 spiro atoms. The molecule has 1 atom stereocenters. The Labute approximate surface area is 99.9 Å². The molecule has 0 aromatic carbocycles. The Bertz CT molecular complexity index is 205. The minimum atomic E-state index is 0.0241. The Hall–Kier alpha value is -0.0800. The summed E-state index contributed by atoms with van der Waals surface area (Å²) >= 11 is 0. The molecule has 0 saturated heterocycles. The third-order valence-electron chi connectivity index (χ3n) is 4.65. The van der Waals surface area contributed by atoms with E-state index in [0.717, 1.165) is 12.5 Å². The van der Waals surface area contributed by atoms with Crippen molar-refractivity contribution in [1.29, 1.82) is 0 Å². The van der Waals surface area contributed by atoms with Crippen LogP contribution in [0.4, 0.5) is 0 Å². The van der Waals surface area contributed by atoms with Gasteiger partial charge in [0.05, 0.1) is 5.60 Å². The van der Waals surface area contributed by atoms with Crippen LogP contribution in [0.3, 0.4) is 0 Å². The molecule has 0 aromatic rings. The van der Waals surface area contributed by atoms with Gasteiger partial charge in [0, 0.05) is 12.6 Å². The molecule has 16 heavy (non-hydrogen) atoms. The number of hydrogen-bond donors (Lipinski definition) is 1. The summed E-state index contributed by atoms with van der Waals surface area (Å²) < 4.78 is 6.14. The third-order valence-corrected chi connectivity index (χ3v) is 4.65. The summed E-state index contributed by atoms with van der Waals surface area (Å²) in [5, 5.41) is 0. The molecule has 0 bridgehead atoms. The zero-order valence-electron chi connectivity index (χ0n) is 10.7. The monoisotopic (exact) mass is 225 g/mol. The SMILES string of the molecule is CCOC1(C(N)C2CCC2)CCCCCC1. The molecule has 2 nitrogen and oxygen atoms in total. The smallest absolute Gasteiger partial charge is 0.0835 e. The van der Waals surface area contributed by atoms with Crippen LogP contribution < -0.4 is 5.73 Å². The van der Waals surface area contributed by atoms with Crippen LogP contribution in [-0.2, 0) is 4.74 Å². The lowest BCUT2D eigenvalue weighted by Gasteiger charge is -2.45. The van der Waals surface area contributed by atoms with Crippen molar-refractivity contribution in [3.8, 4) is 0 Å². The first-order valence-corrected chi connectivity index (χ1v) is 7.18. The first-order chi connectivity index (χ1) is 7.78. The first-order valence-electron chi connectivity index (χ1n) is 7.18. The van der Waals surface area contributed by atoms with Crippen molar-refractivity contribution in [3.05, 3.63) is 0 Å². The van der Waals surface area contributed by atoms with Gasteiger partial charge in [-0.1, -0.05) is 32.1 Å². The molecule has 0 amide bonds. The summed E-state index contributed by atoms with van der Waals surface area (Å²) in [6.07, 6.45) is 11.8. The van der Waals surface area contributed by atoms with Gasteiger partial charge in [-0.05, 0) is 38.5 Å². The van der Waals surface area contributed by atoms with Crippen molar-refractivity contribution in [3.63, 3.8) is 0 Å². The van der Waals surface area contributed by atoms with E-state index in [1.165, 1.54) is 57.8 Å². The van der Waals surface area contributed by atoms with Crippen molar-refractivity contribution in [2.24, 2.45) is 11.7 Å². The number of ether oxygens (including phenoxy) is 1. The van der Waals surface area contributed by atoms with Crippen molar-refractivity contribution in [1.82, 2.24) is 0 Å². The van der Waals surface area contributed by atoms with Gasteiger partial charge in [-0.25, -0.2) is 0 Å². The highest BCUT2D eigenvalue weighted by Crippen LogP contribution is 2.40. The minimum absolute atomic E-state index is 0.0241. The zero-order chi connectivity index (χ0) is 11.4. The van der Waals surface area contributed by atoms with E-state index in [1.807, 2.05) is 0 Å². The standard InChI is InChI=1S/C14H27NO/c1-2-16-14(10-5-3-4-6-11-14)13(15)12-8-7-9-12/h12-13H,2-11,15H2,1H3. The molecule has 2 fully saturated rings. The average molecular weight is 225 g/mol. The van der Waals surface area contributed by atoms with Gasteiger partial charge in [0.2, 0.25) is 0 Å².